The predicted octanol–water partition coefficient (Wildman–Crippen LogP) is 3.84. The maximum Gasteiger partial charge on any atom is 0.248 e. The van der Waals surface area contributed by atoms with E-state index in [4.69, 9.17) is 13.9 Å². The molecule has 1 saturated carbocycles. The summed E-state index contributed by atoms with van der Waals surface area (Å²) in [4.78, 5) is 30.9. The lowest BCUT2D eigenvalue weighted by molar-refractivity contribution is -0.142. The maximum atomic E-state index is 13.8. The number of nitrogens with zero attached hydrogens (tertiary/aromatic N) is 5. The number of hydrogen-bond donors (Lipinski definition) is 1. The molecular formula is C27H30N6O5S. The molecule has 39 heavy (non-hydrogen) atoms. The Morgan fingerprint density at radius 3 is 2.67 bits per heavy atom. The molecule has 0 unspecified atom stereocenters. The molecule has 12 heteroatoms. The molecule has 3 aromatic heterocycles. The minimum Gasteiger partial charge on any atom is -0.493 e. The number of thiophene rings is 1. The van der Waals surface area contributed by atoms with E-state index in [-0.39, 0.29) is 30.9 Å². The van der Waals surface area contributed by atoms with Crippen LogP contribution in [0, 0.1) is 0 Å². The van der Waals surface area contributed by atoms with Crippen molar-refractivity contribution in [3.8, 4) is 22.9 Å². The number of ether oxygens (including phenoxy) is 2. The van der Waals surface area contributed by atoms with Crippen molar-refractivity contribution >= 4 is 23.2 Å². The number of furan rings is 1. The molecule has 3 heterocycles. The number of rotatable bonds is 11. The van der Waals surface area contributed by atoms with Gasteiger partial charge < -0.3 is 24.1 Å². The van der Waals surface area contributed by atoms with Crippen molar-refractivity contribution in [3.63, 3.8) is 0 Å². The Balaban J connectivity index is 1.40. The van der Waals surface area contributed by atoms with Gasteiger partial charge in [0.1, 0.15) is 18.3 Å². The quantitative estimate of drug-likeness (QED) is 0.299. The van der Waals surface area contributed by atoms with Gasteiger partial charge in [0.15, 0.2) is 11.5 Å². The fraction of sp³-hybridized carbons (Fsp3) is 0.370. The van der Waals surface area contributed by atoms with E-state index in [2.05, 4.69) is 20.7 Å². The average Bonchev–Trinajstić information content (AvgIpc) is 3.77. The second kappa shape index (κ2) is 12.1. The molecule has 0 bridgehead atoms. The van der Waals surface area contributed by atoms with Crippen LogP contribution < -0.4 is 14.8 Å². The van der Waals surface area contributed by atoms with Crippen molar-refractivity contribution in [2.75, 3.05) is 14.2 Å². The zero-order valence-corrected chi connectivity index (χ0v) is 22.6. The molecule has 0 radical (unpaired) electrons. The highest BCUT2D eigenvalue weighted by atomic mass is 32.1. The lowest BCUT2D eigenvalue weighted by Crippen LogP contribution is -2.46. The second-order valence-electron chi connectivity index (χ2n) is 9.22. The van der Waals surface area contributed by atoms with Gasteiger partial charge in [-0.2, -0.15) is 4.80 Å². The van der Waals surface area contributed by atoms with Crippen LogP contribution >= 0.6 is 11.3 Å². The molecule has 1 atom stereocenters. The van der Waals surface area contributed by atoms with E-state index >= 15 is 0 Å². The minimum atomic E-state index is -0.822. The molecule has 11 nitrogen and oxygen atoms in total. The molecule has 4 aromatic rings. The van der Waals surface area contributed by atoms with Gasteiger partial charge in [-0.25, -0.2) is 0 Å². The Morgan fingerprint density at radius 1 is 1.15 bits per heavy atom. The molecule has 204 valence electrons. The molecule has 0 saturated heterocycles. The van der Waals surface area contributed by atoms with Gasteiger partial charge in [-0.05, 0) is 59.8 Å². The number of hydrogen-bond acceptors (Lipinski definition) is 9. The number of benzene rings is 1. The van der Waals surface area contributed by atoms with Crippen LogP contribution in [0.25, 0.3) is 11.4 Å². The van der Waals surface area contributed by atoms with Gasteiger partial charge in [0.25, 0.3) is 0 Å². The lowest BCUT2D eigenvalue weighted by atomic mass is 10.1. The summed E-state index contributed by atoms with van der Waals surface area (Å²) in [6.07, 6.45) is 5.60. The van der Waals surface area contributed by atoms with Gasteiger partial charge >= 0.3 is 0 Å². The van der Waals surface area contributed by atoms with Crippen LogP contribution in [0.5, 0.6) is 11.5 Å². The average molecular weight is 551 g/mol. The number of nitrogens with one attached hydrogen (secondary N) is 1. The van der Waals surface area contributed by atoms with E-state index in [1.54, 1.807) is 50.8 Å². The van der Waals surface area contributed by atoms with Gasteiger partial charge in [0.05, 0.1) is 27.0 Å². The number of carbonyl (C=O) groups excluding carboxylic acids is 2. The lowest BCUT2D eigenvalue weighted by Gasteiger charge is -2.30. The number of amides is 2. The van der Waals surface area contributed by atoms with Crippen LogP contribution in [0.1, 0.15) is 42.4 Å². The smallest absolute Gasteiger partial charge is 0.248 e. The van der Waals surface area contributed by atoms with Crippen LogP contribution in [0.15, 0.2) is 58.5 Å². The first-order valence-electron chi connectivity index (χ1n) is 12.7. The monoisotopic (exact) mass is 550 g/mol. The molecule has 1 aliphatic carbocycles. The first kappa shape index (κ1) is 26.4. The van der Waals surface area contributed by atoms with E-state index in [0.717, 1.165) is 30.6 Å². The van der Waals surface area contributed by atoms with Crippen LogP contribution in [0.2, 0.25) is 0 Å². The Labute approximate surface area is 229 Å². The van der Waals surface area contributed by atoms with Gasteiger partial charge in [0.2, 0.25) is 17.6 Å². The second-order valence-corrected chi connectivity index (χ2v) is 10.2. The van der Waals surface area contributed by atoms with E-state index in [1.165, 1.54) is 21.0 Å². The van der Waals surface area contributed by atoms with Crippen LogP contribution in [0.3, 0.4) is 0 Å². The predicted molar refractivity (Wildman–Crippen MR) is 143 cm³/mol. The molecule has 1 N–H and O–H groups in total. The highest BCUT2D eigenvalue weighted by molar-refractivity contribution is 7.10. The zero-order chi connectivity index (χ0) is 27.2. The Kier molecular flexibility index (Phi) is 8.21. The SMILES string of the molecule is COc1ccc(-c2nnn(CC(=O)N(Cc3ccco3)[C@H](C(=O)NC3CCCC3)c3cccs3)n2)cc1OC. The van der Waals surface area contributed by atoms with Gasteiger partial charge in [-0.1, -0.05) is 18.9 Å². The number of carbonyl (C=O) groups is 2. The topological polar surface area (TPSA) is 125 Å². The fourth-order valence-corrected chi connectivity index (χ4v) is 5.56. The van der Waals surface area contributed by atoms with E-state index < -0.39 is 6.04 Å². The molecule has 5 rings (SSSR count). The molecule has 0 spiro atoms. The fourth-order valence-electron chi connectivity index (χ4n) is 4.73. The van der Waals surface area contributed by atoms with Gasteiger partial charge in [0, 0.05) is 16.5 Å². The number of methoxy groups -OCH3 is 2. The summed E-state index contributed by atoms with van der Waals surface area (Å²) < 4.78 is 16.2. The third-order valence-corrected chi connectivity index (χ3v) is 7.60. The first-order valence-corrected chi connectivity index (χ1v) is 13.6. The maximum absolute atomic E-state index is 13.8. The third-order valence-electron chi connectivity index (χ3n) is 6.67. The van der Waals surface area contributed by atoms with E-state index in [9.17, 15) is 9.59 Å². The van der Waals surface area contributed by atoms with Crippen molar-refractivity contribution in [2.45, 2.75) is 50.9 Å². The van der Waals surface area contributed by atoms with Crippen molar-refractivity contribution in [2.24, 2.45) is 0 Å². The van der Waals surface area contributed by atoms with Crippen molar-refractivity contribution in [1.82, 2.24) is 30.4 Å². The summed E-state index contributed by atoms with van der Waals surface area (Å²) in [5.41, 5.74) is 0.659. The highest BCUT2D eigenvalue weighted by Gasteiger charge is 2.34. The first-order chi connectivity index (χ1) is 19.1. The largest absolute Gasteiger partial charge is 0.493 e. The van der Waals surface area contributed by atoms with E-state index in [0.29, 0.717) is 28.6 Å². The zero-order valence-electron chi connectivity index (χ0n) is 21.8. The van der Waals surface area contributed by atoms with Crippen LogP contribution in [-0.2, 0) is 22.7 Å². The normalized spacial score (nSPS) is 14.2. The molecule has 1 aliphatic rings. The van der Waals surface area contributed by atoms with Gasteiger partial charge in [-0.15, -0.1) is 21.5 Å². The van der Waals surface area contributed by atoms with Crippen molar-refractivity contribution in [1.29, 1.82) is 0 Å². The minimum absolute atomic E-state index is 0.113. The van der Waals surface area contributed by atoms with Crippen LogP contribution in [-0.4, -0.2) is 57.2 Å². The third kappa shape index (κ3) is 6.11. The molecule has 0 aliphatic heterocycles. The molecule has 1 fully saturated rings. The molecule has 1 aromatic carbocycles. The Bertz CT molecular complexity index is 1380. The van der Waals surface area contributed by atoms with Gasteiger partial charge in [-0.3, -0.25) is 9.59 Å². The Morgan fingerprint density at radius 2 is 1.97 bits per heavy atom. The van der Waals surface area contributed by atoms with Crippen LogP contribution in [0.4, 0.5) is 0 Å². The summed E-state index contributed by atoms with van der Waals surface area (Å²) in [5.74, 6) is 1.45. The summed E-state index contributed by atoms with van der Waals surface area (Å²) >= 11 is 1.43. The molecule has 2 amide bonds. The summed E-state index contributed by atoms with van der Waals surface area (Å²) in [6, 6.07) is 11.8. The van der Waals surface area contributed by atoms with Crippen molar-refractivity contribution in [3.05, 3.63) is 64.7 Å². The molecular weight excluding hydrogens is 520 g/mol. The number of aromatic nitrogens is 4. The summed E-state index contributed by atoms with van der Waals surface area (Å²) in [5, 5.41) is 17.7. The standard InChI is InChI=1S/C27H30N6O5S/c1-36-21-12-11-18(15-22(21)37-2)26-29-31-33(30-26)17-24(34)32(16-20-9-5-13-38-20)25(23-10-6-14-39-23)27(35)28-19-7-3-4-8-19/h5-6,9-15,19,25H,3-4,7-8,16-17H2,1-2H3,(H,28,35)/t25-/m0/s1. The number of tetrazole rings is 1. The Hall–Kier alpha value is -4.19. The summed E-state index contributed by atoms with van der Waals surface area (Å²) in [7, 11) is 3.11. The summed E-state index contributed by atoms with van der Waals surface area (Å²) in [6.45, 7) is -0.0939. The van der Waals surface area contributed by atoms with Crippen molar-refractivity contribution < 1.29 is 23.5 Å². The van der Waals surface area contributed by atoms with E-state index in [1.807, 2.05) is 17.5 Å². The highest BCUT2D eigenvalue weighted by Crippen LogP contribution is 2.31.